The molecular weight excluding hydrogens is 204 g/mol. The smallest absolute Gasteiger partial charge is 0.141 e. The van der Waals surface area contributed by atoms with Crippen LogP contribution in [0.1, 0.15) is 26.0 Å². The van der Waals surface area contributed by atoms with Crippen LogP contribution in [0, 0.1) is 0 Å². The molecule has 0 aromatic carbocycles. The third-order valence-corrected chi connectivity index (χ3v) is 2.27. The Kier molecular flexibility index (Phi) is 5.22. The van der Waals surface area contributed by atoms with Gasteiger partial charge in [-0.1, -0.05) is 0 Å². The summed E-state index contributed by atoms with van der Waals surface area (Å²) in [5.41, 5.74) is 6.61. The second-order valence-electron chi connectivity index (χ2n) is 4.08. The van der Waals surface area contributed by atoms with Crippen LogP contribution in [0.5, 0.6) is 5.75 Å². The van der Waals surface area contributed by atoms with Crippen LogP contribution in [0.25, 0.3) is 0 Å². The number of hydrogen-bond donors (Lipinski definition) is 2. The SMILES string of the molecule is C[C@H](CO)Oc1cccnc1CC[C@@H](C)N. The van der Waals surface area contributed by atoms with E-state index >= 15 is 0 Å². The van der Waals surface area contributed by atoms with E-state index in [1.54, 1.807) is 6.20 Å². The number of ether oxygens (including phenoxy) is 1. The van der Waals surface area contributed by atoms with Crippen molar-refractivity contribution in [2.24, 2.45) is 5.73 Å². The first-order chi connectivity index (χ1) is 7.63. The molecule has 0 spiro atoms. The molecule has 0 aliphatic heterocycles. The molecule has 0 fully saturated rings. The summed E-state index contributed by atoms with van der Waals surface area (Å²) in [6, 6.07) is 3.86. The van der Waals surface area contributed by atoms with Crippen molar-refractivity contribution in [2.75, 3.05) is 6.61 Å². The van der Waals surface area contributed by atoms with Gasteiger partial charge in [-0.15, -0.1) is 0 Å². The molecule has 0 unspecified atom stereocenters. The molecular formula is C12H20N2O2. The lowest BCUT2D eigenvalue weighted by molar-refractivity contribution is 0.128. The highest BCUT2D eigenvalue weighted by Crippen LogP contribution is 2.18. The molecule has 16 heavy (non-hydrogen) atoms. The minimum Gasteiger partial charge on any atom is -0.486 e. The van der Waals surface area contributed by atoms with E-state index in [2.05, 4.69) is 4.98 Å². The van der Waals surface area contributed by atoms with Crippen LogP contribution in [-0.2, 0) is 6.42 Å². The summed E-state index contributed by atoms with van der Waals surface area (Å²) in [5.74, 6) is 0.740. The first kappa shape index (κ1) is 12.9. The highest BCUT2D eigenvalue weighted by molar-refractivity contribution is 5.27. The van der Waals surface area contributed by atoms with Gasteiger partial charge >= 0.3 is 0 Å². The van der Waals surface area contributed by atoms with Gasteiger partial charge in [0, 0.05) is 12.2 Å². The lowest BCUT2D eigenvalue weighted by Gasteiger charge is -2.15. The van der Waals surface area contributed by atoms with Crippen LogP contribution >= 0.6 is 0 Å². The van der Waals surface area contributed by atoms with Gasteiger partial charge in [0.15, 0.2) is 0 Å². The summed E-state index contributed by atoms with van der Waals surface area (Å²) in [6.45, 7) is 3.80. The summed E-state index contributed by atoms with van der Waals surface area (Å²) < 4.78 is 5.57. The molecule has 0 saturated heterocycles. The van der Waals surface area contributed by atoms with Crippen LogP contribution in [0.3, 0.4) is 0 Å². The zero-order valence-corrected chi connectivity index (χ0v) is 9.89. The van der Waals surface area contributed by atoms with Gasteiger partial charge in [-0.3, -0.25) is 4.98 Å². The Hall–Kier alpha value is -1.13. The predicted octanol–water partition coefficient (Wildman–Crippen LogP) is 1.12. The molecule has 2 atom stereocenters. The van der Waals surface area contributed by atoms with Crippen molar-refractivity contribution in [2.45, 2.75) is 38.8 Å². The standard InChI is InChI=1S/C12H20N2O2/c1-9(13)5-6-11-12(4-3-7-14-11)16-10(2)8-15/h3-4,7,9-10,15H,5-6,8,13H2,1-2H3/t9-,10-/m1/s1. The van der Waals surface area contributed by atoms with E-state index in [1.807, 2.05) is 26.0 Å². The third-order valence-electron chi connectivity index (χ3n) is 2.27. The van der Waals surface area contributed by atoms with E-state index in [0.717, 1.165) is 24.3 Å². The maximum absolute atomic E-state index is 8.94. The Morgan fingerprint density at radius 3 is 2.88 bits per heavy atom. The molecule has 0 amide bonds. The minimum atomic E-state index is -0.210. The Morgan fingerprint density at radius 1 is 1.50 bits per heavy atom. The van der Waals surface area contributed by atoms with Gasteiger partial charge in [0.1, 0.15) is 11.9 Å². The fourth-order valence-electron chi connectivity index (χ4n) is 1.34. The highest BCUT2D eigenvalue weighted by Gasteiger charge is 2.08. The summed E-state index contributed by atoms with van der Waals surface area (Å²) in [4.78, 5) is 4.28. The Labute approximate surface area is 96.5 Å². The van der Waals surface area contributed by atoms with E-state index in [1.165, 1.54) is 0 Å². The maximum atomic E-state index is 8.94. The fourth-order valence-corrected chi connectivity index (χ4v) is 1.34. The van der Waals surface area contributed by atoms with E-state index in [9.17, 15) is 0 Å². The quantitative estimate of drug-likeness (QED) is 0.760. The average molecular weight is 224 g/mol. The van der Waals surface area contributed by atoms with Gasteiger partial charge in [0.05, 0.1) is 12.3 Å². The van der Waals surface area contributed by atoms with Gasteiger partial charge in [0.2, 0.25) is 0 Å². The molecule has 0 radical (unpaired) electrons. The number of pyridine rings is 1. The fraction of sp³-hybridized carbons (Fsp3) is 0.583. The van der Waals surface area contributed by atoms with Crippen molar-refractivity contribution in [3.8, 4) is 5.75 Å². The topological polar surface area (TPSA) is 68.4 Å². The van der Waals surface area contributed by atoms with Gasteiger partial charge in [-0.2, -0.15) is 0 Å². The van der Waals surface area contributed by atoms with Gasteiger partial charge < -0.3 is 15.6 Å². The monoisotopic (exact) mass is 224 g/mol. The zero-order valence-electron chi connectivity index (χ0n) is 9.89. The van der Waals surface area contributed by atoms with Crippen molar-refractivity contribution in [1.82, 2.24) is 4.98 Å². The zero-order chi connectivity index (χ0) is 12.0. The third kappa shape index (κ3) is 4.16. The number of rotatable bonds is 6. The molecule has 3 N–H and O–H groups in total. The molecule has 1 aromatic heterocycles. The van der Waals surface area contributed by atoms with E-state index in [4.69, 9.17) is 15.6 Å². The summed E-state index contributed by atoms with van der Waals surface area (Å²) >= 11 is 0. The van der Waals surface area contributed by atoms with Crippen molar-refractivity contribution in [3.05, 3.63) is 24.0 Å². The van der Waals surface area contributed by atoms with Crippen molar-refractivity contribution < 1.29 is 9.84 Å². The molecule has 0 bridgehead atoms. The average Bonchev–Trinajstić information content (AvgIpc) is 2.27. The molecule has 1 rings (SSSR count). The number of aliphatic hydroxyl groups is 1. The lowest BCUT2D eigenvalue weighted by Crippen LogP contribution is -2.19. The van der Waals surface area contributed by atoms with Crippen LogP contribution < -0.4 is 10.5 Å². The first-order valence-electron chi connectivity index (χ1n) is 5.60. The van der Waals surface area contributed by atoms with Crippen molar-refractivity contribution in [3.63, 3.8) is 0 Å². The van der Waals surface area contributed by atoms with Crippen LogP contribution in [0.15, 0.2) is 18.3 Å². The number of nitrogens with zero attached hydrogens (tertiary/aromatic N) is 1. The summed E-state index contributed by atoms with van der Waals surface area (Å²) in [5, 5.41) is 8.94. The number of aromatic nitrogens is 1. The van der Waals surface area contributed by atoms with Crippen LogP contribution in [0.4, 0.5) is 0 Å². The molecule has 1 aromatic rings. The van der Waals surface area contributed by atoms with Gasteiger partial charge in [0.25, 0.3) is 0 Å². The predicted molar refractivity (Wildman–Crippen MR) is 63.4 cm³/mol. The second kappa shape index (κ2) is 6.45. The van der Waals surface area contributed by atoms with E-state index in [-0.39, 0.29) is 18.8 Å². The minimum absolute atomic E-state index is 0.00161. The Morgan fingerprint density at radius 2 is 2.25 bits per heavy atom. The molecule has 90 valence electrons. The number of aliphatic hydroxyl groups excluding tert-OH is 1. The van der Waals surface area contributed by atoms with Gasteiger partial charge in [-0.25, -0.2) is 0 Å². The van der Waals surface area contributed by atoms with Crippen LogP contribution in [-0.4, -0.2) is 28.8 Å². The molecule has 1 heterocycles. The molecule has 0 aliphatic carbocycles. The Bertz CT molecular complexity index is 316. The first-order valence-corrected chi connectivity index (χ1v) is 5.60. The highest BCUT2D eigenvalue weighted by atomic mass is 16.5. The summed E-state index contributed by atoms with van der Waals surface area (Å²) in [6.07, 6.45) is 3.21. The molecule has 0 aliphatic rings. The van der Waals surface area contributed by atoms with Crippen molar-refractivity contribution in [1.29, 1.82) is 0 Å². The number of nitrogens with two attached hydrogens (primary N) is 1. The lowest BCUT2D eigenvalue weighted by atomic mass is 10.1. The number of aryl methyl sites for hydroxylation is 1. The van der Waals surface area contributed by atoms with E-state index < -0.39 is 0 Å². The maximum Gasteiger partial charge on any atom is 0.141 e. The van der Waals surface area contributed by atoms with Crippen LogP contribution in [0.2, 0.25) is 0 Å². The van der Waals surface area contributed by atoms with E-state index in [0.29, 0.717) is 0 Å². The molecule has 4 nitrogen and oxygen atoms in total. The number of hydrogen-bond acceptors (Lipinski definition) is 4. The van der Waals surface area contributed by atoms with Gasteiger partial charge in [-0.05, 0) is 38.8 Å². The second-order valence-corrected chi connectivity index (χ2v) is 4.08. The summed E-state index contributed by atoms with van der Waals surface area (Å²) in [7, 11) is 0. The van der Waals surface area contributed by atoms with Crippen molar-refractivity contribution >= 4 is 0 Å². The molecule has 4 heteroatoms. The normalized spacial score (nSPS) is 14.5. The molecule has 0 saturated carbocycles. The largest absolute Gasteiger partial charge is 0.486 e. The Balaban J connectivity index is 2.67.